The first kappa shape index (κ1) is 18.0. The van der Waals surface area contributed by atoms with E-state index in [1.807, 2.05) is 51.1 Å². The van der Waals surface area contributed by atoms with E-state index < -0.39 is 24.0 Å². The number of amides is 1. The maximum absolute atomic E-state index is 12.7. The van der Waals surface area contributed by atoms with Crippen LogP contribution in [0.3, 0.4) is 0 Å². The first-order valence-electron chi connectivity index (χ1n) is 8.44. The lowest BCUT2D eigenvalue weighted by atomic mass is 9.90. The highest BCUT2D eigenvalue weighted by Gasteiger charge is 2.46. The van der Waals surface area contributed by atoms with Crippen molar-refractivity contribution in [2.75, 3.05) is 0 Å². The highest BCUT2D eigenvalue weighted by atomic mass is 16.4. The molecule has 5 nitrogen and oxygen atoms in total. The molecule has 0 fully saturated rings. The van der Waals surface area contributed by atoms with Gasteiger partial charge in [0.25, 0.3) is 5.91 Å². The first-order chi connectivity index (χ1) is 11.4. The number of nitrogens with zero attached hydrogens (tertiary/aromatic N) is 1. The van der Waals surface area contributed by atoms with Crippen molar-refractivity contribution >= 4 is 17.4 Å². The monoisotopic (exact) mass is 331 g/mol. The number of benzene rings is 1. The van der Waals surface area contributed by atoms with Crippen LogP contribution in [-0.4, -0.2) is 39.1 Å². The molecule has 1 heterocycles. The Kier molecular flexibility index (Phi) is 5.65. The number of rotatable bonds is 7. The van der Waals surface area contributed by atoms with Crippen LogP contribution in [0.2, 0.25) is 0 Å². The number of unbranched alkanes of at least 4 members (excludes halogenated alkanes) is 1. The van der Waals surface area contributed by atoms with Gasteiger partial charge in [-0.2, -0.15) is 0 Å². The summed E-state index contributed by atoms with van der Waals surface area (Å²) in [6.45, 7) is 5.85. The number of aliphatic hydroxyl groups excluding tert-OH is 1. The van der Waals surface area contributed by atoms with Gasteiger partial charge < -0.3 is 15.1 Å². The smallest absolute Gasteiger partial charge is 0.326 e. The second-order valence-corrected chi connectivity index (χ2v) is 6.53. The zero-order valence-electron chi connectivity index (χ0n) is 14.4. The van der Waals surface area contributed by atoms with Gasteiger partial charge >= 0.3 is 5.97 Å². The van der Waals surface area contributed by atoms with E-state index in [1.54, 1.807) is 0 Å². The normalized spacial score (nSPS) is 19.2. The lowest BCUT2D eigenvalue weighted by Gasteiger charge is -2.34. The maximum Gasteiger partial charge on any atom is 0.326 e. The van der Waals surface area contributed by atoms with E-state index in [0.29, 0.717) is 18.4 Å². The Hall–Kier alpha value is -2.30. The molecule has 2 rings (SSSR count). The van der Waals surface area contributed by atoms with Crippen molar-refractivity contribution in [1.29, 1.82) is 0 Å². The molecule has 0 bridgehead atoms. The number of aliphatic hydroxyl groups is 1. The van der Waals surface area contributed by atoms with Crippen molar-refractivity contribution in [2.24, 2.45) is 5.92 Å². The Labute approximate surface area is 142 Å². The maximum atomic E-state index is 12.7. The topological polar surface area (TPSA) is 77.8 Å². The Morgan fingerprint density at radius 3 is 2.38 bits per heavy atom. The Morgan fingerprint density at radius 1 is 1.25 bits per heavy atom. The van der Waals surface area contributed by atoms with E-state index in [0.717, 1.165) is 12.0 Å². The van der Waals surface area contributed by atoms with Gasteiger partial charge in [0, 0.05) is 5.57 Å². The molecule has 1 amide bonds. The predicted octanol–water partition coefficient (Wildman–Crippen LogP) is 3.47. The molecule has 1 aromatic rings. The SMILES string of the molecule is CCCCC(C(=O)O)N1C(=O)C(O)=C(c2ccccc2)C1C(C)C. The molecular formula is C19H25NO4. The highest BCUT2D eigenvalue weighted by molar-refractivity contribution is 6.06. The van der Waals surface area contributed by atoms with Crippen molar-refractivity contribution in [2.45, 2.75) is 52.1 Å². The number of carbonyl (C=O) groups is 2. The lowest BCUT2D eigenvalue weighted by molar-refractivity contribution is -0.150. The summed E-state index contributed by atoms with van der Waals surface area (Å²) in [7, 11) is 0. The number of carbonyl (C=O) groups excluding carboxylic acids is 1. The summed E-state index contributed by atoms with van der Waals surface area (Å²) in [6, 6.07) is 7.84. The molecule has 2 unspecified atom stereocenters. The van der Waals surface area contributed by atoms with Crippen LogP contribution in [0.25, 0.3) is 5.57 Å². The quantitative estimate of drug-likeness (QED) is 0.802. The van der Waals surface area contributed by atoms with Crippen LogP contribution in [0.15, 0.2) is 36.1 Å². The van der Waals surface area contributed by atoms with Crippen LogP contribution in [0.4, 0.5) is 0 Å². The highest BCUT2D eigenvalue weighted by Crippen LogP contribution is 2.38. The van der Waals surface area contributed by atoms with E-state index in [9.17, 15) is 19.8 Å². The van der Waals surface area contributed by atoms with Gasteiger partial charge in [-0.3, -0.25) is 4.79 Å². The number of carboxylic acid groups (broad SMARTS) is 1. The van der Waals surface area contributed by atoms with Gasteiger partial charge in [-0.25, -0.2) is 4.79 Å². The summed E-state index contributed by atoms with van der Waals surface area (Å²) in [4.78, 5) is 25.8. The molecule has 1 aromatic carbocycles. The van der Waals surface area contributed by atoms with Crippen molar-refractivity contribution in [3.8, 4) is 0 Å². The number of hydrogen-bond donors (Lipinski definition) is 2. The average molecular weight is 331 g/mol. The van der Waals surface area contributed by atoms with Gasteiger partial charge in [-0.15, -0.1) is 0 Å². The lowest BCUT2D eigenvalue weighted by Crippen LogP contribution is -2.49. The van der Waals surface area contributed by atoms with Gasteiger partial charge in [-0.05, 0) is 17.9 Å². The van der Waals surface area contributed by atoms with Crippen molar-refractivity contribution in [1.82, 2.24) is 4.90 Å². The van der Waals surface area contributed by atoms with Crippen LogP contribution in [0.1, 0.15) is 45.6 Å². The van der Waals surface area contributed by atoms with E-state index in [2.05, 4.69) is 0 Å². The molecule has 0 aromatic heterocycles. The van der Waals surface area contributed by atoms with E-state index in [1.165, 1.54) is 4.90 Å². The molecule has 0 saturated carbocycles. The van der Waals surface area contributed by atoms with Crippen molar-refractivity contribution < 1.29 is 19.8 Å². The molecule has 5 heteroatoms. The molecule has 0 spiro atoms. The standard InChI is InChI=1S/C19H25NO4/c1-4-5-11-14(19(23)24)20-16(12(2)3)15(17(21)18(20)22)13-9-7-6-8-10-13/h6-10,12,14,16,21H,4-5,11H2,1-3H3,(H,23,24). The number of aliphatic carboxylic acids is 1. The summed E-state index contributed by atoms with van der Waals surface area (Å²) in [6.07, 6.45) is 1.95. The molecular weight excluding hydrogens is 306 g/mol. The van der Waals surface area contributed by atoms with Gasteiger partial charge in [-0.1, -0.05) is 63.9 Å². The Bertz CT molecular complexity index is 636. The second kappa shape index (κ2) is 7.51. The zero-order valence-corrected chi connectivity index (χ0v) is 14.4. The summed E-state index contributed by atoms with van der Waals surface area (Å²) >= 11 is 0. The van der Waals surface area contributed by atoms with Crippen LogP contribution >= 0.6 is 0 Å². The first-order valence-corrected chi connectivity index (χ1v) is 8.44. The molecule has 0 aliphatic carbocycles. The molecule has 130 valence electrons. The minimum atomic E-state index is -1.02. The Morgan fingerprint density at radius 2 is 1.88 bits per heavy atom. The summed E-state index contributed by atoms with van der Waals surface area (Å²) < 4.78 is 0. The molecule has 0 saturated heterocycles. The summed E-state index contributed by atoms with van der Waals surface area (Å²) in [5.74, 6) is -1.96. The average Bonchev–Trinajstić information content (AvgIpc) is 2.81. The molecule has 1 aliphatic heterocycles. The van der Waals surface area contributed by atoms with Crippen LogP contribution < -0.4 is 0 Å². The third kappa shape index (κ3) is 3.30. The minimum absolute atomic E-state index is 0.0164. The van der Waals surface area contributed by atoms with Crippen LogP contribution in [0, 0.1) is 5.92 Å². The van der Waals surface area contributed by atoms with Gasteiger partial charge in [0.15, 0.2) is 5.76 Å². The fraction of sp³-hybridized carbons (Fsp3) is 0.474. The van der Waals surface area contributed by atoms with Gasteiger partial charge in [0.2, 0.25) is 0 Å². The predicted molar refractivity (Wildman–Crippen MR) is 92.4 cm³/mol. The molecule has 1 aliphatic rings. The van der Waals surface area contributed by atoms with E-state index >= 15 is 0 Å². The summed E-state index contributed by atoms with van der Waals surface area (Å²) in [5, 5.41) is 20.1. The van der Waals surface area contributed by atoms with Gasteiger partial charge in [0.05, 0.1) is 6.04 Å². The molecule has 2 atom stereocenters. The molecule has 0 radical (unpaired) electrons. The van der Waals surface area contributed by atoms with E-state index in [-0.39, 0.29) is 11.7 Å². The molecule has 2 N–H and O–H groups in total. The van der Waals surface area contributed by atoms with E-state index in [4.69, 9.17) is 0 Å². The zero-order chi connectivity index (χ0) is 17.9. The van der Waals surface area contributed by atoms with Crippen LogP contribution in [-0.2, 0) is 9.59 Å². The minimum Gasteiger partial charge on any atom is -0.503 e. The fourth-order valence-corrected chi connectivity index (χ4v) is 3.34. The van der Waals surface area contributed by atoms with Gasteiger partial charge in [0.1, 0.15) is 6.04 Å². The molecule has 24 heavy (non-hydrogen) atoms. The number of carboxylic acids is 1. The third-order valence-electron chi connectivity index (χ3n) is 4.46. The fourth-order valence-electron chi connectivity index (χ4n) is 3.34. The second-order valence-electron chi connectivity index (χ2n) is 6.53. The Balaban J connectivity index is 2.48. The third-order valence-corrected chi connectivity index (χ3v) is 4.46. The van der Waals surface area contributed by atoms with Crippen molar-refractivity contribution in [3.63, 3.8) is 0 Å². The largest absolute Gasteiger partial charge is 0.503 e. The van der Waals surface area contributed by atoms with Crippen LogP contribution in [0.5, 0.6) is 0 Å². The number of hydrogen-bond acceptors (Lipinski definition) is 3. The summed E-state index contributed by atoms with van der Waals surface area (Å²) in [5.41, 5.74) is 1.28. The van der Waals surface area contributed by atoms with Crippen molar-refractivity contribution in [3.05, 3.63) is 41.7 Å².